The van der Waals surface area contributed by atoms with Crippen molar-refractivity contribution in [1.29, 1.82) is 0 Å². The summed E-state index contributed by atoms with van der Waals surface area (Å²) in [7, 11) is 3.87. The number of nitrogens with two attached hydrogens (primary N) is 1. The molecule has 0 radical (unpaired) electrons. The normalized spacial score (nSPS) is 16.5. The molecule has 1 amide bonds. The molecule has 0 spiro atoms. The Bertz CT molecular complexity index is 696. The topological polar surface area (TPSA) is 86.8 Å². The SMILES string of the molecule is C=CCCCCCN(C)C(=NC)NCc1cccnc1N1CCCC(C(N)=O)C1.I. The van der Waals surface area contributed by atoms with Gasteiger partial charge in [-0.05, 0) is 38.2 Å². The molecule has 0 saturated carbocycles. The van der Waals surface area contributed by atoms with Crippen LogP contribution in [0.1, 0.15) is 44.1 Å². The lowest BCUT2D eigenvalue weighted by Gasteiger charge is -2.33. The van der Waals surface area contributed by atoms with Crippen molar-refractivity contribution in [2.45, 2.75) is 45.1 Å². The summed E-state index contributed by atoms with van der Waals surface area (Å²) in [5.74, 6) is 1.47. The maximum Gasteiger partial charge on any atom is 0.222 e. The summed E-state index contributed by atoms with van der Waals surface area (Å²) in [5.41, 5.74) is 6.63. The number of piperidine rings is 1. The molecule has 2 heterocycles. The summed E-state index contributed by atoms with van der Waals surface area (Å²) in [5, 5.41) is 3.45. The van der Waals surface area contributed by atoms with E-state index in [0.29, 0.717) is 13.1 Å². The molecule has 1 fully saturated rings. The molecule has 168 valence electrons. The minimum absolute atomic E-state index is 0. The van der Waals surface area contributed by atoms with Crippen LogP contribution in [0.4, 0.5) is 5.82 Å². The molecule has 0 aliphatic carbocycles. The standard InChI is InChI=1S/C22H36N6O.HI/c1-4-5-6-7-8-14-27(3)22(24-2)26-16-18-11-9-13-25-21(18)28-15-10-12-19(17-28)20(23)29;/h4,9,11,13,19H,1,5-8,10,12,14-17H2,2-3H3,(H2,23,29)(H,24,26);1H. The van der Waals surface area contributed by atoms with E-state index < -0.39 is 0 Å². The van der Waals surface area contributed by atoms with Gasteiger partial charge < -0.3 is 20.9 Å². The Labute approximate surface area is 198 Å². The lowest BCUT2D eigenvalue weighted by molar-refractivity contribution is -0.122. The quantitative estimate of drug-likeness (QED) is 0.160. The minimum atomic E-state index is -0.222. The second kappa shape index (κ2) is 14.2. The van der Waals surface area contributed by atoms with Gasteiger partial charge in [-0.3, -0.25) is 9.79 Å². The van der Waals surface area contributed by atoms with Gasteiger partial charge in [-0.15, -0.1) is 30.6 Å². The first-order valence-corrected chi connectivity index (χ1v) is 10.6. The molecule has 0 bridgehead atoms. The van der Waals surface area contributed by atoms with Crippen LogP contribution >= 0.6 is 24.0 Å². The molecule has 0 aromatic carbocycles. The van der Waals surface area contributed by atoms with Crippen LogP contribution in [0.2, 0.25) is 0 Å². The monoisotopic (exact) mass is 528 g/mol. The van der Waals surface area contributed by atoms with Crippen molar-refractivity contribution in [3.05, 3.63) is 36.5 Å². The van der Waals surface area contributed by atoms with Crippen LogP contribution in [0.25, 0.3) is 0 Å². The maximum atomic E-state index is 11.6. The number of nitrogens with one attached hydrogen (secondary N) is 1. The van der Waals surface area contributed by atoms with Gasteiger partial charge in [0.2, 0.25) is 5.91 Å². The zero-order valence-corrected chi connectivity index (χ0v) is 20.7. The largest absolute Gasteiger partial charge is 0.369 e. The molecule has 1 aromatic rings. The van der Waals surface area contributed by atoms with E-state index in [1.165, 1.54) is 12.8 Å². The maximum absolute atomic E-state index is 11.6. The van der Waals surface area contributed by atoms with Crippen LogP contribution in [0, 0.1) is 5.92 Å². The third-order valence-electron chi connectivity index (χ3n) is 5.40. The predicted octanol–water partition coefficient (Wildman–Crippen LogP) is 3.15. The number of guanidine groups is 1. The van der Waals surface area contributed by atoms with Gasteiger partial charge in [0.15, 0.2) is 5.96 Å². The molecule has 7 nitrogen and oxygen atoms in total. The van der Waals surface area contributed by atoms with E-state index in [0.717, 1.165) is 56.1 Å². The van der Waals surface area contributed by atoms with Crippen LogP contribution in [0.3, 0.4) is 0 Å². The Hall–Kier alpha value is -1.84. The lowest BCUT2D eigenvalue weighted by atomic mass is 9.97. The predicted molar refractivity (Wildman–Crippen MR) is 135 cm³/mol. The highest BCUT2D eigenvalue weighted by Gasteiger charge is 2.26. The molecular formula is C22H37IN6O. The number of nitrogens with zero attached hydrogens (tertiary/aromatic N) is 4. The Morgan fingerprint density at radius 2 is 2.27 bits per heavy atom. The summed E-state index contributed by atoms with van der Waals surface area (Å²) in [6, 6.07) is 4.02. The second-order valence-electron chi connectivity index (χ2n) is 7.63. The number of primary amides is 1. The van der Waals surface area contributed by atoms with Gasteiger partial charge in [0.1, 0.15) is 5.82 Å². The minimum Gasteiger partial charge on any atom is -0.369 e. The van der Waals surface area contributed by atoms with Crippen molar-refractivity contribution in [3.8, 4) is 0 Å². The van der Waals surface area contributed by atoms with Crippen LogP contribution < -0.4 is 16.0 Å². The van der Waals surface area contributed by atoms with E-state index in [2.05, 4.69) is 44.8 Å². The van der Waals surface area contributed by atoms with Crippen molar-refractivity contribution in [1.82, 2.24) is 15.2 Å². The number of halogens is 1. The number of hydrogen-bond donors (Lipinski definition) is 2. The molecule has 1 aliphatic heterocycles. The Morgan fingerprint density at radius 1 is 1.47 bits per heavy atom. The van der Waals surface area contributed by atoms with Gasteiger partial charge in [-0.25, -0.2) is 4.98 Å². The number of carbonyl (C=O) groups excluding carboxylic acids is 1. The number of amides is 1. The lowest BCUT2D eigenvalue weighted by Crippen LogP contribution is -2.42. The number of pyridine rings is 1. The first-order chi connectivity index (χ1) is 14.1. The molecule has 1 saturated heterocycles. The smallest absolute Gasteiger partial charge is 0.222 e. The number of aromatic nitrogens is 1. The van der Waals surface area contributed by atoms with Crippen molar-refractivity contribution < 1.29 is 4.79 Å². The number of anilines is 1. The summed E-state index contributed by atoms with van der Waals surface area (Å²) in [4.78, 5) is 25.0. The average molecular weight is 528 g/mol. The van der Waals surface area contributed by atoms with Crippen molar-refractivity contribution >= 4 is 41.7 Å². The zero-order chi connectivity index (χ0) is 21.1. The number of hydrogen-bond acceptors (Lipinski definition) is 4. The van der Waals surface area contributed by atoms with Gasteiger partial charge in [-0.1, -0.05) is 18.6 Å². The number of unbranched alkanes of at least 4 members (excludes halogenated alkanes) is 3. The van der Waals surface area contributed by atoms with Crippen LogP contribution in [0.5, 0.6) is 0 Å². The molecule has 30 heavy (non-hydrogen) atoms. The summed E-state index contributed by atoms with van der Waals surface area (Å²) in [6.45, 7) is 6.90. The number of aliphatic imine (C=N–C) groups is 1. The highest BCUT2D eigenvalue weighted by Crippen LogP contribution is 2.24. The Morgan fingerprint density at radius 3 is 2.97 bits per heavy atom. The third kappa shape index (κ3) is 8.12. The van der Waals surface area contributed by atoms with Crippen LogP contribution in [-0.2, 0) is 11.3 Å². The second-order valence-corrected chi connectivity index (χ2v) is 7.63. The molecule has 1 aromatic heterocycles. The molecular weight excluding hydrogens is 491 g/mol. The van der Waals surface area contributed by atoms with Crippen LogP contribution in [-0.4, -0.2) is 55.5 Å². The summed E-state index contributed by atoms with van der Waals surface area (Å²) < 4.78 is 0. The molecule has 3 N–H and O–H groups in total. The van der Waals surface area contributed by atoms with Crippen molar-refractivity contribution in [2.24, 2.45) is 16.6 Å². The van der Waals surface area contributed by atoms with Gasteiger partial charge in [-0.2, -0.15) is 0 Å². The highest BCUT2D eigenvalue weighted by atomic mass is 127. The molecule has 1 unspecified atom stereocenters. The number of allylic oxidation sites excluding steroid dienone is 1. The fourth-order valence-corrected chi connectivity index (χ4v) is 3.73. The Balaban J connectivity index is 0.00000450. The first kappa shape index (κ1) is 26.2. The van der Waals surface area contributed by atoms with Gasteiger partial charge in [0.05, 0.1) is 5.92 Å². The molecule has 2 rings (SSSR count). The number of carbonyl (C=O) groups is 1. The summed E-state index contributed by atoms with van der Waals surface area (Å²) in [6.07, 6.45) is 10.2. The zero-order valence-electron chi connectivity index (χ0n) is 18.3. The summed E-state index contributed by atoms with van der Waals surface area (Å²) >= 11 is 0. The van der Waals surface area contributed by atoms with E-state index in [4.69, 9.17) is 5.73 Å². The van der Waals surface area contributed by atoms with E-state index in [-0.39, 0.29) is 35.8 Å². The van der Waals surface area contributed by atoms with E-state index in [9.17, 15) is 4.79 Å². The molecule has 1 atom stereocenters. The van der Waals surface area contributed by atoms with E-state index in [1.807, 2.05) is 19.2 Å². The van der Waals surface area contributed by atoms with Crippen molar-refractivity contribution in [3.63, 3.8) is 0 Å². The van der Waals surface area contributed by atoms with Gasteiger partial charge >= 0.3 is 0 Å². The van der Waals surface area contributed by atoms with Crippen molar-refractivity contribution in [2.75, 3.05) is 38.6 Å². The Kier molecular flexibility index (Phi) is 12.4. The fraction of sp³-hybridized carbons (Fsp3) is 0.591. The van der Waals surface area contributed by atoms with Gasteiger partial charge in [0.25, 0.3) is 0 Å². The fourth-order valence-electron chi connectivity index (χ4n) is 3.73. The van der Waals surface area contributed by atoms with E-state index in [1.54, 1.807) is 6.20 Å². The first-order valence-electron chi connectivity index (χ1n) is 10.6. The molecule has 8 heteroatoms. The van der Waals surface area contributed by atoms with E-state index >= 15 is 0 Å². The highest BCUT2D eigenvalue weighted by molar-refractivity contribution is 14.0. The molecule has 1 aliphatic rings. The third-order valence-corrected chi connectivity index (χ3v) is 5.40. The van der Waals surface area contributed by atoms with Crippen LogP contribution in [0.15, 0.2) is 36.0 Å². The van der Waals surface area contributed by atoms with Gasteiger partial charge in [0, 0.05) is 52.0 Å². The number of rotatable bonds is 10. The average Bonchev–Trinajstić information content (AvgIpc) is 2.74.